The van der Waals surface area contributed by atoms with Crippen LogP contribution in [0.25, 0.3) is 11.3 Å². The summed E-state index contributed by atoms with van der Waals surface area (Å²) in [5.41, 5.74) is 3.25. The van der Waals surface area contributed by atoms with Gasteiger partial charge in [0.25, 0.3) is 0 Å². The highest BCUT2D eigenvalue weighted by Gasteiger charge is 2.33. The van der Waals surface area contributed by atoms with Crippen molar-refractivity contribution in [3.63, 3.8) is 0 Å². The normalized spacial score (nSPS) is 13.5. The second kappa shape index (κ2) is 9.81. The first-order chi connectivity index (χ1) is 15.0. The highest BCUT2D eigenvalue weighted by Crippen LogP contribution is 2.46. The molecule has 1 aromatic carbocycles. The van der Waals surface area contributed by atoms with Crippen molar-refractivity contribution >= 4 is 29.2 Å². The molecule has 0 amide bonds. The molecule has 1 aliphatic rings. The van der Waals surface area contributed by atoms with Crippen molar-refractivity contribution in [2.24, 2.45) is 0 Å². The monoisotopic (exact) mass is 460 g/mol. The summed E-state index contributed by atoms with van der Waals surface area (Å²) in [7, 11) is 0. The maximum absolute atomic E-state index is 11.1. The highest BCUT2D eigenvalue weighted by atomic mass is 35.5. The number of carbonyl (C=O) groups is 1. The van der Waals surface area contributed by atoms with E-state index in [-0.39, 0.29) is 5.56 Å². The molecule has 6 nitrogen and oxygen atoms in total. The number of carboxylic acid groups (broad SMARTS) is 1. The number of aryl methyl sites for hydroxylation is 1. The molecular weight excluding hydrogens is 439 g/mol. The number of aromatic carboxylic acids is 1. The van der Waals surface area contributed by atoms with E-state index in [0.29, 0.717) is 46.9 Å². The van der Waals surface area contributed by atoms with Crippen molar-refractivity contribution < 1.29 is 19.2 Å². The number of nitrogens with zero attached hydrogens (tertiary/aromatic N) is 2. The van der Waals surface area contributed by atoms with Crippen molar-refractivity contribution in [2.45, 2.75) is 44.6 Å². The molecule has 0 bridgehead atoms. The average molecular weight is 461 g/mol. The summed E-state index contributed by atoms with van der Waals surface area (Å²) in [6.45, 7) is 0.933. The van der Waals surface area contributed by atoms with Gasteiger partial charge in [0.05, 0.1) is 22.2 Å². The van der Waals surface area contributed by atoms with Gasteiger partial charge < -0.3 is 14.4 Å². The largest absolute Gasteiger partial charge is 0.478 e. The van der Waals surface area contributed by atoms with Crippen molar-refractivity contribution in [1.29, 1.82) is 0 Å². The highest BCUT2D eigenvalue weighted by molar-refractivity contribution is 6.39. The standard InChI is InChI=1S/C23H22Cl2N2O4/c24-18-5-3-6-19(25)20(18)21-17(22(31-27-21)14-7-8-14)13-30-11-2-1-4-16-12-15(23(28)29)9-10-26-16/h3,5-6,9-10,12,14H,1-2,4,7-8,11,13H2,(H,28,29). The van der Waals surface area contributed by atoms with Crippen molar-refractivity contribution in [3.8, 4) is 11.3 Å². The molecule has 162 valence electrons. The lowest BCUT2D eigenvalue weighted by atomic mass is 10.0. The first kappa shape index (κ1) is 21.8. The number of pyridine rings is 1. The topological polar surface area (TPSA) is 85.5 Å². The number of rotatable bonds is 10. The van der Waals surface area contributed by atoms with Gasteiger partial charge in [0.2, 0.25) is 0 Å². The lowest BCUT2D eigenvalue weighted by molar-refractivity contribution is 0.0696. The lowest BCUT2D eigenvalue weighted by Gasteiger charge is -2.08. The van der Waals surface area contributed by atoms with Gasteiger partial charge in [0.1, 0.15) is 11.5 Å². The second-order valence-electron chi connectivity index (χ2n) is 7.60. The quantitative estimate of drug-likeness (QED) is 0.364. The smallest absolute Gasteiger partial charge is 0.335 e. The molecule has 2 aromatic heterocycles. The summed E-state index contributed by atoms with van der Waals surface area (Å²) >= 11 is 12.8. The van der Waals surface area contributed by atoms with Crippen molar-refractivity contribution in [3.05, 3.63) is 69.2 Å². The predicted molar refractivity (Wildman–Crippen MR) is 118 cm³/mol. The van der Waals surface area contributed by atoms with E-state index in [1.165, 1.54) is 12.3 Å². The summed E-state index contributed by atoms with van der Waals surface area (Å²) in [5.74, 6) is 0.302. The Kier molecular flexibility index (Phi) is 6.90. The first-order valence-corrected chi connectivity index (χ1v) is 11.0. The van der Waals surface area contributed by atoms with Gasteiger partial charge in [-0.05, 0) is 56.4 Å². The van der Waals surface area contributed by atoms with Crippen LogP contribution in [-0.2, 0) is 17.8 Å². The van der Waals surface area contributed by atoms with Crippen molar-refractivity contribution in [1.82, 2.24) is 10.1 Å². The molecule has 0 spiro atoms. The molecule has 1 fully saturated rings. The van der Waals surface area contributed by atoms with E-state index in [4.69, 9.17) is 37.6 Å². The van der Waals surface area contributed by atoms with E-state index in [0.717, 1.165) is 42.7 Å². The Hall–Kier alpha value is -2.41. The lowest BCUT2D eigenvalue weighted by Crippen LogP contribution is -2.01. The third-order valence-corrected chi connectivity index (χ3v) is 5.88. The molecule has 1 saturated carbocycles. The number of aromatic nitrogens is 2. The minimum Gasteiger partial charge on any atom is -0.478 e. The minimum absolute atomic E-state index is 0.257. The summed E-state index contributed by atoms with van der Waals surface area (Å²) in [6.07, 6.45) is 6.07. The van der Waals surface area contributed by atoms with Gasteiger partial charge in [-0.1, -0.05) is 34.4 Å². The molecule has 0 saturated heterocycles. The van der Waals surface area contributed by atoms with Gasteiger partial charge in [-0.25, -0.2) is 4.79 Å². The SMILES string of the molecule is O=C(O)c1ccnc(CCCCOCc2c(-c3c(Cl)cccc3Cl)noc2C2CC2)c1. The van der Waals surface area contributed by atoms with Gasteiger partial charge in [-0.2, -0.15) is 0 Å². The summed E-state index contributed by atoms with van der Waals surface area (Å²) in [4.78, 5) is 15.3. The van der Waals surface area contributed by atoms with E-state index in [2.05, 4.69) is 10.1 Å². The minimum atomic E-state index is -0.943. The van der Waals surface area contributed by atoms with Crippen molar-refractivity contribution in [2.75, 3.05) is 6.61 Å². The Balaban J connectivity index is 1.35. The van der Waals surface area contributed by atoms with Gasteiger partial charge in [0.15, 0.2) is 0 Å². The molecule has 0 radical (unpaired) electrons. The van der Waals surface area contributed by atoms with E-state index in [1.54, 1.807) is 24.3 Å². The molecule has 3 aromatic rings. The van der Waals surface area contributed by atoms with E-state index in [1.807, 2.05) is 0 Å². The van der Waals surface area contributed by atoms with Gasteiger partial charge in [-0.3, -0.25) is 4.98 Å². The maximum atomic E-state index is 11.1. The summed E-state index contributed by atoms with van der Waals surface area (Å²) < 4.78 is 11.6. The van der Waals surface area contributed by atoms with Crippen LogP contribution in [0.1, 0.15) is 59.0 Å². The molecule has 0 atom stereocenters. The number of benzene rings is 1. The molecule has 31 heavy (non-hydrogen) atoms. The zero-order valence-corrected chi connectivity index (χ0v) is 18.3. The summed E-state index contributed by atoms with van der Waals surface area (Å²) in [5, 5.41) is 14.4. The maximum Gasteiger partial charge on any atom is 0.335 e. The van der Waals surface area contributed by atoms with Gasteiger partial charge in [-0.15, -0.1) is 0 Å². The van der Waals surface area contributed by atoms with Crippen LogP contribution in [0.2, 0.25) is 10.0 Å². The molecule has 0 aliphatic heterocycles. The molecule has 2 heterocycles. The van der Waals surface area contributed by atoms with Crippen LogP contribution in [0.3, 0.4) is 0 Å². The number of carboxylic acids is 1. The fraction of sp³-hybridized carbons (Fsp3) is 0.348. The number of unbranched alkanes of at least 4 members (excludes halogenated alkanes) is 1. The first-order valence-electron chi connectivity index (χ1n) is 10.2. The third kappa shape index (κ3) is 5.26. The van der Waals surface area contributed by atoms with E-state index < -0.39 is 5.97 Å². The second-order valence-corrected chi connectivity index (χ2v) is 8.41. The van der Waals surface area contributed by atoms with Crippen LogP contribution in [0, 0.1) is 0 Å². The molecule has 0 unspecified atom stereocenters. The predicted octanol–water partition coefficient (Wildman–Crippen LogP) is 6.16. The van der Waals surface area contributed by atoms with E-state index in [9.17, 15) is 4.79 Å². The molecule has 1 N–H and O–H groups in total. The summed E-state index contributed by atoms with van der Waals surface area (Å²) in [6, 6.07) is 8.47. The molecule has 1 aliphatic carbocycles. The Morgan fingerprint density at radius 3 is 2.68 bits per heavy atom. The molecule has 8 heteroatoms. The van der Waals surface area contributed by atoms with Crippen LogP contribution < -0.4 is 0 Å². The van der Waals surface area contributed by atoms with Crippen LogP contribution in [0.15, 0.2) is 41.1 Å². The zero-order chi connectivity index (χ0) is 21.8. The molecule has 4 rings (SSSR count). The van der Waals surface area contributed by atoms with Crippen LogP contribution in [0.5, 0.6) is 0 Å². The van der Waals surface area contributed by atoms with Crippen LogP contribution in [0.4, 0.5) is 0 Å². The van der Waals surface area contributed by atoms with E-state index >= 15 is 0 Å². The van der Waals surface area contributed by atoms with Gasteiger partial charge in [0, 0.05) is 35.5 Å². The fourth-order valence-corrected chi connectivity index (χ4v) is 4.06. The fourth-order valence-electron chi connectivity index (χ4n) is 3.48. The zero-order valence-electron chi connectivity index (χ0n) is 16.8. The Morgan fingerprint density at radius 1 is 1.19 bits per heavy atom. The third-order valence-electron chi connectivity index (χ3n) is 5.25. The van der Waals surface area contributed by atoms with Gasteiger partial charge >= 0.3 is 5.97 Å². The van der Waals surface area contributed by atoms with Crippen LogP contribution >= 0.6 is 23.2 Å². The van der Waals surface area contributed by atoms with Crippen LogP contribution in [-0.4, -0.2) is 27.8 Å². The average Bonchev–Trinajstić information content (AvgIpc) is 3.52. The number of ether oxygens (including phenoxy) is 1. The Bertz CT molecular complexity index is 1060. The Morgan fingerprint density at radius 2 is 1.97 bits per heavy atom. The number of halogens is 2. The number of hydrogen-bond donors (Lipinski definition) is 1. The number of hydrogen-bond acceptors (Lipinski definition) is 5. The molecular formula is C23H22Cl2N2O4. The Labute approximate surface area is 190 Å².